The number of anilines is 3. The van der Waals surface area contributed by atoms with Gasteiger partial charge in [0.1, 0.15) is 23.1 Å². The normalized spacial score (nSPS) is 10.0. The van der Waals surface area contributed by atoms with Crippen molar-refractivity contribution in [3.63, 3.8) is 0 Å². The number of benzene rings is 1. The monoisotopic (exact) mass is 294 g/mol. The molecule has 0 amide bonds. The fourth-order valence-electron chi connectivity index (χ4n) is 1.68. The van der Waals surface area contributed by atoms with Crippen molar-refractivity contribution in [3.05, 3.63) is 35.4 Å². The molecule has 2 rings (SSSR count). The maximum absolute atomic E-state index is 6.06. The van der Waals surface area contributed by atoms with Crippen LogP contribution in [0, 0.1) is 0 Å². The second kappa shape index (κ2) is 6.31. The quantitative estimate of drug-likeness (QED) is 0.581. The van der Waals surface area contributed by atoms with Crippen LogP contribution >= 0.6 is 11.6 Å². The van der Waals surface area contributed by atoms with Crippen LogP contribution in [0.15, 0.2) is 30.3 Å². The minimum atomic E-state index is 0.472. The number of hydrogen-bond donors (Lipinski definition) is 3. The molecule has 0 saturated heterocycles. The molecule has 0 fully saturated rings. The van der Waals surface area contributed by atoms with E-state index >= 15 is 0 Å². The number of nitrogens with one attached hydrogen (secondary N) is 2. The van der Waals surface area contributed by atoms with Crippen molar-refractivity contribution < 1.29 is 9.47 Å². The van der Waals surface area contributed by atoms with Gasteiger partial charge in [0.15, 0.2) is 0 Å². The van der Waals surface area contributed by atoms with Crippen molar-refractivity contribution in [2.45, 2.75) is 0 Å². The number of rotatable bonds is 5. The molecule has 0 spiro atoms. The molecule has 0 unspecified atom stereocenters. The Morgan fingerprint density at radius 2 is 1.80 bits per heavy atom. The number of halogens is 1. The van der Waals surface area contributed by atoms with E-state index < -0.39 is 0 Å². The van der Waals surface area contributed by atoms with Crippen molar-refractivity contribution in [2.75, 3.05) is 25.0 Å². The second-order valence-corrected chi connectivity index (χ2v) is 4.27. The van der Waals surface area contributed by atoms with Gasteiger partial charge in [-0.2, -0.15) is 0 Å². The minimum Gasteiger partial charge on any atom is -0.495 e. The highest BCUT2D eigenvalue weighted by Crippen LogP contribution is 2.37. The van der Waals surface area contributed by atoms with Crippen LogP contribution in [0.4, 0.5) is 17.3 Å². The van der Waals surface area contributed by atoms with Crippen LogP contribution in [0.25, 0.3) is 0 Å². The van der Waals surface area contributed by atoms with E-state index in [9.17, 15) is 0 Å². The van der Waals surface area contributed by atoms with Crippen LogP contribution < -0.4 is 26.1 Å². The van der Waals surface area contributed by atoms with E-state index in [1.807, 2.05) is 6.07 Å². The molecule has 2 aromatic rings. The van der Waals surface area contributed by atoms with Gasteiger partial charge < -0.3 is 20.2 Å². The summed E-state index contributed by atoms with van der Waals surface area (Å²) in [6.07, 6.45) is 0. The van der Waals surface area contributed by atoms with Crippen molar-refractivity contribution in [2.24, 2.45) is 5.84 Å². The first-order valence-electron chi connectivity index (χ1n) is 5.80. The molecule has 0 aliphatic rings. The standard InChI is InChI=1S/C13H15ClN4O2/c1-19-10-7-9(11(20-2)6-8(10)14)16-12-4-3-5-13(17-12)18-15/h3-7H,15H2,1-2H3,(H2,16,17,18). The molecule has 106 valence electrons. The first-order valence-corrected chi connectivity index (χ1v) is 6.18. The zero-order valence-electron chi connectivity index (χ0n) is 11.1. The minimum absolute atomic E-state index is 0.472. The number of nitrogen functional groups attached to an aromatic ring is 1. The number of nitrogens with two attached hydrogens (primary N) is 1. The van der Waals surface area contributed by atoms with Crippen molar-refractivity contribution >= 4 is 28.9 Å². The average molecular weight is 295 g/mol. The zero-order chi connectivity index (χ0) is 14.5. The third kappa shape index (κ3) is 3.04. The van der Waals surface area contributed by atoms with E-state index in [1.54, 1.807) is 38.5 Å². The SMILES string of the molecule is COc1cc(Nc2cccc(NN)n2)c(OC)cc1Cl. The molecule has 0 radical (unpaired) electrons. The van der Waals surface area contributed by atoms with Gasteiger partial charge in [0.2, 0.25) is 0 Å². The van der Waals surface area contributed by atoms with Crippen LogP contribution in [-0.2, 0) is 0 Å². The second-order valence-electron chi connectivity index (χ2n) is 3.86. The molecule has 1 aromatic heterocycles. The number of aromatic nitrogens is 1. The summed E-state index contributed by atoms with van der Waals surface area (Å²) < 4.78 is 10.5. The van der Waals surface area contributed by atoms with E-state index in [4.69, 9.17) is 26.9 Å². The molecule has 0 atom stereocenters. The summed E-state index contributed by atoms with van der Waals surface area (Å²) in [5, 5.41) is 3.60. The number of methoxy groups -OCH3 is 2. The lowest BCUT2D eigenvalue weighted by Gasteiger charge is -2.13. The molecule has 1 heterocycles. The molecule has 4 N–H and O–H groups in total. The van der Waals surface area contributed by atoms with Crippen LogP contribution in [0.2, 0.25) is 5.02 Å². The largest absolute Gasteiger partial charge is 0.495 e. The Hall–Kier alpha value is -2.18. The van der Waals surface area contributed by atoms with Gasteiger partial charge in [-0.3, -0.25) is 0 Å². The average Bonchev–Trinajstić information content (AvgIpc) is 2.48. The van der Waals surface area contributed by atoms with Crippen molar-refractivity contribution in [3.8, 4) is 11.5 Å². The summed E-state index contributed by atoms with van der Waals surface area (Å²) >= 11 is 6.06. The molecule has 0 bridgehead atoms. The van der Waals surface area contributed by atoms with Gasteiger partial charge in [-0.05, 0) is 12.1 Å². The predicted octanol–water partition coefficient (Wildman–Crippen LogP) is 2.78. The number of hydrogen-bond acceptors (Lipinski definition) is 6. The lowest BCUT2D eigenvalue weighted by molar-refractivity contribution is 0.405. The smallest absolute Gasteiger partial charge is 0.144 e. The molecular formula is C13H15ClN4O2. The van der Waals surface area contributed by atoms with Gasteiger partial charge in [-0.25, -0.2) is 10.8 Å². The number of pyridine rings is 1. The summed E-state index contributed by atoms with van der Waals surface area (Å²) in [7, 11) is 3.11. The molecular weight excluding hydrogens is 280 g/mol. The summed E-state index contributed by atoms with van der Waals surface area (Å²) in [6, 6.07) is 8.80. The van der Waals surface area contributed by atoms with Crippen LogP contribution in [0.3, 0.4) is 0 Å². The molecule has 0 aliphatic heterocycles. The summed E-state index contributed by atoms with van der Waals surface area (Å²) in [6.45, 7) is 0. The summed E-state index contributed by atoms with van der Waals surface area (Å²) in [4.78, 5) is 4.26. The third-order valence-corrected chi connectivity index (χ3v) is 2.93. The number of nitrogens with zero attached hydrogens (tertiary/aromatic N) is 1. The Balaban J connectivity index is 2.36. The first kappa shape index (κ1) is 14.2. The van der Waals surface area contributed by atoms with Crippen LogP contribution in [-0.4, -0.2) is 19.2 Å². The maximum atomic E-state index is 6.06. The van der Waals surface area contributed by atoms with Gasteiger partial charge in [-0.15, -0.1) is 0 Å². The molecule has 6 nitrogen and oxygen atoms in total. The van der Waals surface area contributed by atoms with Crippen LogP contribution in [0.1, 0.15) is 0 Å². The topological polar surface area (TPSA) is 81.4 Å². The Morgan fingerprint density at radius 1 is 1.10 bits per heavy atom. The lowest BCUT2D eigenvalue weighted by atomic mass is 10.2. The molecule has 7 heteroatoms. The first-order chi connectivity index (χ1) is 9.67. The highest BCUT2D eigenvalue weighted by atomic mass is 35.5. The van der Waals surface area contributed by atoms with Crippen LogP contribution in [0.5, 0.6) is 11.5 Å². The number of ether oxygens (including phenoxy) is 2. The van der Waals surface area contributed by atoms with E-state index in [0.29, 0.717) is 33.8 Å². The Labute approximate surface area is 121 Å². The summed E-state index contributed by atoms with van der Waals surface area (Å²) in [5.74, 6) is 7.63. The van der Waals surface area contributed by atoms with Gasteiger partial charge >= 0.3 is 0 Å². The maximum Gasteiger partial charge on any atom is 0.144 e. The van der Waals surface area contributed by atoms with E-state index in [-0.39, 0.29) is 0 Å². The molecule has 0 aliphatic carbocycles. The van der Waals surface area contributed by atoms with Gasteiger partial charge in [0.05, 0.1) is 24.9 Å². The van der Waals surface area contributed by atoms with Gasteiger partial charge in [-0.1, -0.05) is 17.7 Å². The Morgan fingerprint density at radius 3 is 2.45 bits per heavy atom. The fraction of sp³-hybridized carbons (Fsp3) is 0.154. The highest BCUT2D eigenvalue weighted by molar-refractivity contribution is 6.32. The van der Waals surface area contributed by atoms with Crippen molar-refractivity contribution in [1.82, 2.24) is 4.98 Å². The molecule has 0 saturated carbocycles. The Kier molecular flexibility index (Phi) is 4.49. The third-order valence-electron chi connectivity index (χ3n) is 2.63. The fourth-order valence-corrected chi connectivity index (χ4v) is 1.91. The summed E-state index contributed by atoms with van der Waals surface area (Å²) in [5.41, 5.74) is 3.18. The van der Waals surface area contributed by atoms with E-state index in [0.717, 1.165) is 0 Å². The predicted molar refractivity (Wildman–Crippen MR) is 79.9 cm³/mol. The van der Waals surface area contributed by atoms with Gasteiger partial charge in [0, 0.05) is 12.1 Å². The van der Waals surface area contributed by atoms with Gasteiger partial charge in [0.25, 0.3) is 0 Å². The zero-order valence-corrected chi connectivity index (χ0v) is 11.9. The molecule has 20 heavy (non-hydrogen) atoms. The number of hydrazine groups is 1. The van der Waals surface area contributed by atoms with Crippen molar-refractivity contribution in [1.29, 1.82) is 0 Å². The molecule has 1 aromatic carbocycles. The van der Waals surface area contributed by atoms with E-state index in [2.05, 4.69) is 15.7 Å². The highest BCUT2D eigenvalue weighted by Gasteiger charge is 2.10. The Bertz CT molecular complexity index is 607. The van der Waals surface area contributed by atoms with E-state index in [1.165, 1.54) is 0 Å². The lowest BCUT2D eigenvalue weighted by Crippen LogP contribution is -2.09.